The Morgan fingerprint density at radius 2 is 2.19 bits per heavy atom. The number of aliphatic hydroxyl groups is 1. The van der Waals surface area contributed by atoms with E-state index in [0.717, 1.165) is 16.5 Å². The van der Waals surface area contributed by atoms with Gasteiger partial charge in [-0.2, -0.15) is 0 Å². The van der Waals surface area contributed by atoms with Crippen LogP contribution in [0.2, 0.25) is 0 Å². The Labute approximate surface area is 150 Å². The van der Waals surface area contributed by atoms with Crippen molar-refractivity contribution in [2.75, 3.05) is 0 Å². The number of nitrogens with zero attached hydrogens (tertiary/aromatic N) is 5. The number of para-hydroxylation sites is 1. The first-order valence-electron chi connectivity index (χ1n) is 8.72. The topological polar surface area (TPSA) is 106 Å². The monoisotopic (exact) mass is 352 g/mol. The molecule has 0 unspecified atom stereocenters. The Bertz CT molecular complexity index is 892. The maximum Gasteiger partial charge on any atom is 0.222 e. The number of fused-ring (bicyclic) bond motifs is 1. The smallest absolute Gasteiger partial charge is 0.222 e. The van der Waals surface area contributed by atoms with Crippen molar-refractivity contribution in [3.8, 4) is 0 Å². The molecule has 2 aromatic heterocycles. The van der Waals surface area contributed by atoms with Crippen LogP contribution >= 0.6 is 0 Å². The summed E-state index contributed by atoms with van der Waals surface area (Å²) in [7, 11) is 0. The average molecular weight is 352 g/mol. The van der Waals surface area contributed by atoms with Gasteiger partial charge in [-0.05, 0) is 46.9 Å². The molecular weight excluding hydrogens is 332 g/mol. The molecule has 2 heterocycles. The summed E-state index contributed by atoms with van der Waals surface area (Å²) in [4.78, 5) is 16.9. The van der Waals surface area contributed by atoms with Gasteiger partial charge in [-0.1, -0.05) is 18.2 Å². The van der Waals surface area contributed by atoms with E-state index in [0.29, 0.717) is 19.4 Å². The maximum atomic E-state index is 12.4. The minimum absolute atomic E-state index is 0.0694. The van der Waals surface area contributed by atoms with Crippen LogP contribution in [0.3, 0.4) is 0 Å². The van der Waals surface area contributed by atoms with Crippen molar-refractivity contribution in [2.24, 2.45) is 5.92 Å². The van der Waals surface area contributed by atoms with Crippen LogP contribution in [0.1, 0.15) is 30.9 Å². The number of aryl methyl sites for hydroxylation is 1. The van der Waals surface area contributed by atoms with E-state index in [-0.39, 0.29) is 30.4 Å². The number of hydrogen-bond acceptors (Lipinski definition) is 6. The second-order valence-electron chi connectivity index (χ2n) is 6.71. The van der Waals surface area contributed by atoms with Crippen molar-refractivity contribution in [2.45, 2.75) is 38.0 Å². The zero-order valence-corrected chi connectivity index (χ0v) is 14.2. The predicted octanol–water partition coefficient (Wildman–Crippen LogP) is 1.24. The van der Waals surface area contributed by atoms with Crippen LogP contribution in [0, 0.1) is 5.92 Å². The molecule has 4 rings (SSSR count). The summed E-state index contributed by atoms with van der Waals surface area (Å²) in [5.74, 6) is 0.144. The minimum Gasteiger partial charge on any atom is -0.393 e. The fraction of sp³-hybridized carbons (Fsp3) is 0.389. The Kier molecular flexibility index (Phi) is 4.57. The summed E-state index contributed by atoms with van der Waals surface area (Å²) in [6, 6.07) is 9.82. The third-order valence-electron chi connectivity index (χ3n) is 4.87. The molecule has 134 valence electrons. The summed E-state index contributed by atoms with van der Waals surface area (Å²) < 4.78 is 1.53. The lowest BCUT2D eigenvalue weighted by Gasteiger charge is -2.38. The molecule has 2 N–H and O–H groups in total. The molecule has 1 aromatic carbocycles. The number of benzene rings is 1. The Hall–Kier alpha value is -2.87. The zero-order valence-electron chi connectivity index (χ0n) is 14.2. The fourth-order valence-corrected chi connectivity index (χ4v) is 3.38. The summed E-state index contributed by atoms with van der Waals surface area (Å²) in [5.41, 5.74) is 1.89. The van der Waals surface area contributed by atoms with Gasteiger partial charge in [0.05, 0.1) is 24.2 Å². The lowest BCUT2D eigenvalue weighted by atomic mass is 9.75. The van der Waals surface area contributed by atoms with Gasteiger partial charge >= 0.3 is 0 Å². The van der Waals surface area contributed by atoms with Crippen LogP contribution in [0.15, 0.2) is 42.9 Å². The SMILES string of the molecule is O=C(CCn1cnnn1)N[C@@H](c1cnc2ccccc2c1)C1CC(O)C1. The van der Waals surface area contributed by atoms with Crippen molar-refractivity contribution in [3.05, 3.63) is 48.4 Å². The van der Waals surface area contributed by atoms with Gasteiger partial charge in [0.1, 0.15) is 6.33 Å². The molecule has 1 aliphatic carbocycles. The summed E-state index contributed by atoms with van der Waals surface area (Å²) in [6.45, 7) is 0.425. The molecule has 0 saturated heterocycles. The van der Waals surface area contributed by atoms with Crippen molar-refractivity contribution in [3.63, 3.8) is 0 Å². The number of hydrogen-bond donors (Lipinski definition) is 2. The summed E-state index contributed by atoms with van der Waals surface area (Å²) in [6.07, 6.45) is 4.68. The van der Waals surface area contributed by atoms with E-state index in [1.54, 1.807) is 0 Å². The number of aromatic nitrogens is 5. The van der Waals surface area contributed by atoms with Crippen LogP contribution in [0.25, 0.3) is 10.9 Å². The third-order valence-corrected chi connectivity index (χ3v) is 4.87. The molecule has 26 heavy (non-hydrogen) atoms. The van der Waals surface area contributed by atoms with E-state index >= 15 is 0 Å². The van der Waals surface area contributed by atoms with Gasteiger partial charge < -0.3 is 10.4 Å². The number of carbonyl (C=O) groups is 1. The molecule has 1 amide bonds. The number of pyridine rings is 1. The molecular formula is C18H20N6O2. The standard InChI is InChI=1S/C18H20N6O2/c25-15-8-13(9-15)18(21-17(26)5-6-24-11-20-22-23-24)14-7-12-3-1-2-4-16(12)19-10-14/h1-4,7,10-11,13,15,18,25H,5-6,8-9H2,(H,21,26)/t13?,15?,18-/m1/s1. The van der Waals surface area contributed by atoms with Crippen LogP contribution < -0.4 is 5.32 Å². The Morgan fingerprint density at radius 1 is 1.35 bits per heavy atom. The quantitative estimate of drug-likeness (QED) is 0.691. The molecule has 3 aromatic rings. The molecule has 8 nitrogen and oxygen atoms in total. The highest BCUT2D eigenvalue weighted by molar-refractivity contribution is 5.80. The Balaban J connectivity index is 1.50. The van der Waals surface area contributed by atoms with Crippen molar-refractivity contribution in [1.82, 2.24) is 30.5 Å². The lowest BCUT2D eigenvalue weighted by molar-refractivity contribution is -0.123. The van der Waals surface area contributed by atoms with Gasteiger partial charge in [0.25, 0.3) is 0 Å². The number of carbonyl (C=O) groups excluding carboxylic acids is 1. The van der Waals surface area contributed by atoms with E-state index in [4.69, 9.17) is 0 Å². The van der Waals surface area contributed by atoms with Gasteiger partial charge in [-0.3, -0.25) is 9.78 Å². The first kappa shape index (κ1) is 16.6. The third kappa shape index (κ3) is 3.55. The first-order chi connectivity index (χ1) is 12.7. The molecule has 0 bridgehead atoms. The van der Waals surface area contributed by atoms with E-state index < -0.39 is 0 Å². The molecule has 8 heteroatoms. The van der Waals surface area contributed by atoms with E-state index in [9.17, 15) is 9.90 Å². The molecule has 1 aliphatic rings. The lowest BCUT2D eigenvalue weighted by Crippen LogP contribution is -2.41. The summed E-state index contributed by atoms with van der Waals surface area (Å²) >= 11 is 0. The summed E-state index contributed by atoms with van der Waals surface area (Å²) in [5, 5.41) is 24.7. The number of tetrazole rings is 1. The van der Waals surface area contributed by atoms with E-state index in [1.807, 2.05) is 30.5 Å². The fourth-order valence-electron chi connectivity index (χ4n) is 3.38. The molecule has 1 atom stereocenters. The second kappa shape index (κ2) is 7.17. The molecule has 0 spiro atoms. The number of amides is 1. The maximum absolute atomic E-state index is 12.4. The molecule has 0 aliphatic heterocycles. The van der Waals surface area contributed by atoms with Crippen LogP contribution in [0.4, 0.5) is 0 Å². The van der Waals surface area contributed by atoms with Crippen LogP contribution in [-0.4, -0.2) is 42.3 Å². The van der Waals surface area contributed by atoms with E-state index in [1.165, 1.54) is 11.0 Å². The zero-order chi connectivity index (χ0) is 17.9. The first-order valence-corrected chi connectivity index (χ1v) is 8.72. The number of rotatable bonds is 6. The second-order valence-corrected chi connectivity index (χ2v) is 6.71. The highest BCUT2D eigenvalue weighted by Crippen LogP contribution is 2.38. The predicted molar refractivity (Wildman–Crippen MR) is 93.8 cm³/mol. The van der Waals surface area contributed by atoms with Gasteiger partial charge in [-0.15, -0.1) is 5.10 Å². The van der Waals surface area contributed by atoms with Gasteiger partial charge in [0.15, 0.2) is 0 Å². The molecule has 0 radical (unpaired) electrons. The number of nitrogens with one attached hydrogen (secondary N) is 1. The average Bonchev–Trinajstić information content (AvgIpc) is 3.15. The van der Waals surface area contributed by atoms with Gasteiger partial charge in [-0.25, -0.2) is 4.68 Å². The van der Waals surface area contributed by atoms with Crippen molar-refractivity contribution >= 4 is 16.8 Å². The number of aliphatic hydroxyl groups excluding tert-OH is 1. The molecule has 1 saturated carbocycles. The van der Waals surface area contributed by atoms with Gasteiger partial charge in [0, 0.05) is 18.0 Å². The highest BCUT2D eigenvalue weighted by atomic mass is 16.3. The highest BCUT2D eigenvalue weighted by Gasteiger charge is 2.35. The Morgan fingerprint density at radius 3 is 2.96 bits per heavy atom. The van der Waals surface area contributed by atoms with E-state index in [2.05, 4.69) is 31.9 Å². The molecule has 1 fully saturated rings. The normalized spacial score (nSPS) is 20.5. The minimum atomic E-state index is -0.283. The largest absolute Gasteiger partial charge is 0.393 e. The van der Waals surface area contributed by atoms with Crippen LogP contribution in [0.5, 0.6) is 0 Å². The van der Waals surface area contributed by atoms with Crippen molar-refractivity contribution in [1.29, 1.82) is 0 Å². The van der Waals surface area contributed by atoms with Crippen molar-refractivity contribution < 1.29 is 9.90 Å². The van der Waals surface area contributed by atoms with Gasteiger partial charge in [0.2, 0.25) is 5.91 Å². The van der Waals surface area contributed by atoms with Crippen LogP contribution in [-0.2, 0) is 11.3 Å².